The fourth-order valence-electron chi connectivity index (χ4n) is 3.75. The molecule has 4 nitrogen and oxygen atoms in total. The summed E-state index contributed by atoms with van der Waals surface area (Å²) in [5.74, 6) is 0. The molecular formula is C18H17BrF2N4. The highest BCUT2D eigenvalue weighted by molar-refractivity contribution is 9.10. The third kappa shape index (κ3) is 2.95. The van der Waals surface area contributed by atoms with E-state index in [4.69, 9.17) is 0 Å². The number of fused-ring (bicyclic) bond motifs is 3. The van der Waals surface area contributed by atoms with Gasteiger partial charge in [-0.05, 0) is 58.6 Å². The van der Waals surface area contributed by atoms with Crippen molar-refractivity contribution in [2.24, 2.45) is 0 Å². The second-order valence-electron chi connectivity index (χ2n) is 6.41. The Kier molecular flexibility index (Phi) is 4.29. The summed E-state index contributed by atoms with van der Waals surface area (Å²) in [6.45, 7) is 1.72. The number of benzene rings is 1. The minimum atomic E-state index is -2.39. The maximum Gasteiger partial charge on any atom is 0.251 e. The van der Waals surface area contributed by atoms with Crippen LogP contribution < -0.4 is 0 Å². The molecular weight excluding hydrogens is 390 g/mol. The van der Waals surface area contributed by atoms with Crippen molar-refractivity contribution in [1.29, 1.82) is 0 Å². The largest absolute Gasteiger partial charge is 0.282 e. The van der Waals surface area contributed by atoms with E-state index in [2.05, 4.69) is 31.1 Å². The summed E-state index contributed by atoms with van der Waals surface area (Å²) in [4.78, 5) is 6.36. The number of pyridine rings is 1. The minimum Gasteiger partial charge on any atom is -0.282 e. The van der Waals surface area contributed by atoms with Crippen molar-refractivity contribution in [3.8, 4) is 0 Å². The molecule has 2 aromatic heterocycles. The van der Waals surface area contributed by atoms with Crippen LogP contribution in [0.4, 0.5) is 8.78 Å². The first kappa shape index (κ1) is 16.6. The molecule has 3 aromatic rings. The topological polar surface area (TPSA) is 44.8 Å². The Morgan fingerprint density at radius 3 is 2.84 bits per heavy atom. The van der Waals surface area contributed by atoms with Crippen molar-refractivity contribution in [3.05, 3.63) is 58.0 Å². The maximum atomic E-state index is 13.2. The van der Waals surface area contributed by atoms with Gasteiger partial charge in [-0.15, -0.1) is 0 Å². The Morgan fingerprint density at radius 1 is 1.28 bits per heavy atom. The fourth-order valence-corrected chi connectivity index (χ4v) is 3.98. The first-order valence-corrected chi connectivity index (χ1v) is 8.94. The Balaban J connectivity index is 1.90. The predicted octanol–water partition coefficient (Wildman–Crippen LogP) is 4.32. The number of aromatic nitrogens is 3. The van der Waals surface area contributed by atoms with Gasteiger partial charge in [0.05, 0.1) is 30.0 Å². The summed E-state index contributed by atoms with van der Waals surface area (Å²) >= 11 is 3.39. The summed E-state index contributed by atoms with van der Waals surface area (Å²) < 4.78 is 27.3. The van der Waals surface area contributed by atoms with Gasteiger partial charge < -0.3 is 0 Å². The molecule has 7 heteroatoms. The van der Waals surface area contributed by atoms with Gasteiger partial charge in [0, 0.05) is 22.1 Å². The van der Waals surface area contributed by atoms with E-state index in [1.807, 2.05) is 42.3 Å². The van der Waals surface area contributed by atoms with Crippen molar-refractivity contribution in [2.75, 3.05) is 6.54 Å². The van der Waals surface area contributed by atoms with Crippen molar-refractivity contribution in [1.82, 2.24) is 20.1 Å². The molecule has 0 saturated heterocycles. The average molecular weight is 407 g/mol. The normalized spacial score (nSPS) is 21.0. The molecule has 2 atom stereocenters. The lowest BCUT2D eigenvalue weighted by molar-refractivity contribution is 0.0456. The molecule has 4 rings (SSSR count). The van der Waals surface area contributed by atoms with Crippen LogP contribution in [0, 0.1) is 0 Å². The molecule has 0 spiro atoms. The van der Waals surface area contributed by atoms with Gasteiger partial charge >= 0.3 is 0 Å². The molecule has 0 unspecified atom stereocenters. The zero-order chi connectivity index (χ0) is 17.6. The number of hydrogen-bond donors (Lipinski definition) is 1. The highest BCUT2D eigenvalue weighted by Gasteiger charge is 2.36. The molecule has 1 aliphatic heterocycles. The summed E-state index contributed by atoms with van der Waals surface area (Å²) in [5, 5.41) is 8.17. The molecule has 3 heterocycles. The van der Waals surface area contributed by atoms with Crippen LogP contribution in [0.1, 0.15) is 29.8 Å². The number of nitrogens with zero attached hydrogens (tertiary/aromatic N) is 3. The standard InChI is InChI=1S/C18H17BrF2N4/c1-10-6-13-12(3-5-15-14(13)8-23-24-15)18(25(10)9-17(20)21)16-4-2-11(19)7-22-16/h2-5,7-8,10,17-18H,6,9H2,1H3,(H,23,24)/t10-,18+/m1/s1. The highest BCUT2D eigenvalue weighted by Crippen LogP contribution is 2.40. The molecule has 0 bridgehead atoms. The number of alkyl halides is 2. The van der Waals surface area contributed by atoms with Gasteiger partial charge in [-0.2, -0.15) is 5.10 Å². The van der Waals surface area contributed by atoms with E-state index in [-0.39, 0.29) is 18.6 Å². The number of aromatic amines is 1. The average Bonchev–Trinajstić information content (AvgIpc) is 3.05. The van der Waals surface area contributed by atoms with Crippen LogP contribution in [0.25, 0.3) is 10.9 Å². The smallest absolute Gasteiger partial charge is 0.251 e. The molecule has 0 fully saturated rings. The molecule has 0 amide bonds. The Labute approximate surface area is 152 Å². The lowest BCUT2D eigenvalue weighted by Crippen LogP contribution is -2.45. The molecule has 1 aromatic carbocycles. The van der Waals surface area contributed by atoms with E-state index in [0.29, 0.717) is 6.42 Å². The third-order valence-electron chi connectivity index (χ3n) is 4.84. The quantitative estimate of drug-likeness (QED) is 0.704. The van der Waals surface area contributed by atoms with Crippen molar-refractivity contribution in [3.63, 3.8) is 0 Å². The van der Waals surface area contributed by atoms with Crippen LogP contribution in [-0.2, 0) is 6.42 Å². The monoisotopic (exact) mass is 406 g/mol. The Morgan fingerprint density at radius 2 is 2.12 bits per heavy atom. The van der Waals surface area contributed by atoms with Crippen LogP contribution >= 0.6 is 15.9 Å². The fraction of sp³-hybridized carbons (Fsp3) is 0.333. The molecule has 0 saturated carbocycles. The van der Waals surface area contributed by atoms with E-state index >= 15 is 0 Å². The number of nitrogens with one attached hydrogen (secondary N) is 1. The Bertz CT molecular complexity index is 894. The zero-order valence-corrected chi connectivity index (χ0v) is 15.2. The van der Waals surface area contributed by atoms with Gasteiger partial charge in [0.25, 0.3) is 6.43 Å². The summed E-state index contributed by atoms with van der Waals surface area (Å²) in [5.41, 5.74) is 3.94. The SMILES string of the molecule is C[C@@H]1Cc2c(ccc3[nH]ncc23)[C@@H](c2ccc(Br)cn2)N1CC(F)F. The van der Waals surface area contributed by atoms with Crippen molar-refractivity contribution < 1.29 is 8.78 Å². The van der Waals surface area contributed by atoms with Crippen molar-refractivity contribution >= 4 is 26.8 Å². The van der Waals surface area contributed by atoms with Crippen LogP contribution in [0.3, 0.4) is 0 Å². The third-order valence-corrected chi connectivity index (χ3v) is 5.31. The molecule has 1 aliphatic rings. The molecule has 0 aliphatic carbocycles. The van der Waals surface area contributed by atoms with Crippen LogP contribution in [-0.4, -0.2) is 39.1 Å². The van der Waals surface area contributed by atoms with E-state index in [0.717, 1.165) is 26.6 Å². The van der Waals surface area contributed by atoms with Gasteiger partial charge in [-0.1, -0.05) is 6.07 Å². The first-order chi connectivity index (χ1) is 12.0. The molecule has 1 N–H and O–H groups in total. The number of hydrogen-bond acceptors (Lipinski definition) is 3. The molecule has 25 heavy (non-hydrogen) atoms. The summed E-state index contributed by atoms with van der Waals surface area (Å²) in [6.07, 6.45) is 1.85. The van der Waals surface area contributed by atoms with Crippen molar-refractivity contribution in [2.45, 2.75) is 31.9 Å². The van der Waals surface area contributed by atoms with Gasteiger partial charge in [0.2, 0.25) is 0 Å². The second kappa shape index (κ2) is 6.46. The Hall–Kier alpha value is -1.86. The highest BCUT2D eigenvalue weighted by atomic mass is 79.9. The minimum absolute atomic E-state index is 0.0163. The zero-order valence-electron chi connectivity index (χ0n) is 13.6. The van der Waals surface area contributed by atoms with E-state index < -0.39 is 6.43 Å². The van der Waals surface area contributed by atoms with Crippen LogP contribution in [0.15, 0.2) is 41.1 Å². The summed E-state index contributed by atoms with van der Waals surface area (Å²) in [7, 11) is 0. The van der Waals surface area contributed by atoms with Gasteiger partial charge in [-0.3, -0.25) is 15.0 Å². The first-order valence-electron chi connectivity index (χ1n) is 8.15. The molecule has 130 valence electrons. The van der Waals surface area contributed by atoms with E-state index in [1.54, 1.807) is 6.20 Å². The lowest BCUT2D eigenvalue weighted by Gasteiger charge is -2.41. The van der Waals surface area contributed by atoms with Gasteiger partial charge in [0.15, 0.2) is 0 Å². The lowest BCUT2D eigenvalue weighted by atomic mass is 9.85. The van der Waals surface area contributed by atoms with E-state index in [9.17, 15) is 8.78 Å². The maximum absolute atomic E-state index is 13.2. The van der Waals surface area contributed by atoms with E-state index in [1.165, 1.54) is 5.56 Å². The number of halogens is 3. The van der Waals surface area contributed by atoms with Gasteiger partial charge in [-0.25, -0.2) is 8.78 Å². The van der Waals surface area contributed by atoms with Crippen LogP contribution in [0.5, 0.6) is 0 Å². The predicted molar refractivity (Wildman–Crippen MR) is 95.7 cm³/mol. The van der Waals surface area contributed by atoms with Crippen LogP contribution in [0.2, 0.25) is 0 Å². The second-order valence-corrected chi connectivity index (χ2v) is 7.33. The van der Waals surface area contributed by atoms with Gasteiger partial charge in [0.1, 0.15) is 0 Å². The number of rotatable bonds is 3. The number of H-pyrrole nitrogens is 1. The molecule has 0 radical (unpaired) electrons. The summed E-state index contributed by atoms with van der Waals surface area (Å²) in [6, 6.07) is 7.46.